The van der Waals surface area contributed by atoms with Crippen molar-refractivity contribution in [1.29, 1.82) is 5.26 Å². The van der Waals surface area contributed by atoms with Crippen LogP contribution >= 0.6 is 0 Å². The van der Waals surface area contributed by atoms with E-state index in [0.717, 1.165) is 6.26 Å². The Balaban J connectivity index is 1.63. The van der Waals surface area contributed by atoms with Gasteiger partial charge in [-0.1, -0.05) is 0 Å². The molecule has 1 aromatic carbocycles. The molecule has 14 heteroatoms. The predicted molar refractivity (Wildman–Crippen MR) is 129 cm³/mol. The standard InChI is InChI=1S/C23H24F3N7O3S/c1-3-36-17-4-5-20(15(10-17)11-27)32-13-19(29-14-32)21-18(23(24,25)26)12-28-22(31-21)30-16-6-8-33(9-7-16)37(2,34)35/h4-5,10,12-14,16H,3,6-9H2,1-2H3,(H,28,30,31). The number of aromatic nitrogens is 4. The van der Waals surface area contributed by atoms with E-state index in [2.05, 4.69) is 26.3 Å². The van der Waals surface area contributed by atoms with Gasteiger partial charge >= 0.3 is 6.18 Å². The number of rotatable bonds is 7. The van der Waals surface area contributed by atoms with Crippen LogP contribution in [0.15, 0.2) is 36.9 Å². The van der Waals surface area contributed by atoms with Crippen LogP contribution in [0, 0.1) is 11.3 Å². The molecule has 0 bridgehead atoms. The molecule has 0 saturated carbocycles. The van der Waals surface area contributed by atoms with Gasteiger partial charge in [0.2, 0.25) is 16.0 Å². The predicted octanol–water partition coefficient (Wildman–Crippen LogP) is 3.45. The molecule has 0 unspecified atom stereocenters. The van der Waals surface area contributed by atoms with E-state index in [1.165, 1.54) is 21.4 Å². The van der Waals surface area contributed by atoms with Gasteiger partial charge in [-0.15, -0.1) is 0 Å². The Morgan fingerprint density at radius 2 is 1.97 bits per heavy atom. The summed E-state index contributed by atoms with van der Waals surface area (Å²) in [7, 11) is -3.31. The maximum atomic E-state index is 13.8. The zero-order chi connectivity index (χ0) is 26.8. The number of anilines is 1. The van der Waals surface area contributed by atoms with Crippen LogP contribution in [0.5, 0.6) is 5.75 Å². The third-order valence-electron chi connectivity index (χ3n) is 5.85. The molecule has 1 aliphatic rings. The van der Waals surface area contributed by atoms with Crippen LogP contribution in [-0.2, 0) is 16.2 Å². The number of benzene rings is 1. The van der Waals surface area contributed by atoms with Gasteiger partial charge in [-0.05, 0) is 31.9 Å². The molecule has 1 aliphatic heterocycles. The number of alkyl halides is 3. The first-order valence-electron chi connectivity index (χ1n) is 11.4. The van der Waals surface area contributed by atoms with Gasteiger partial charge in [-0.2, -0.15) is 18.4 Å². The van der Waals surface area contributed by atoms with Crippen molar-refractivity contribution in [3.63, 3.8) is 0 Å². The van der Waals surface area contributed by atoms with Crippen molar-refractivity contribution < 1.29 is 26.3 Å². The van der Waals surface area contributed by atoms with E-state index in [-0.39, 0.29) is 36.3 Å². The molecule has 4 rings (SSSR count). The van der Waals surface area contributed by atoms with Crippen molar-refractivity contribution in [3.05, 3.63) is 48.0 Å². The van der Waals surface area contributed by atoms with E-state index in [9.17, 15) is 26.9 Å². The maximum Gasteiger partial charge on any atom is 0.420 e. The Morgan fingerprint density at radius 1 is 1.24 bits per heavy atom. The van der Waals surface area contributed by atoms with Crippen LogP contribution in [0.1, 0.15) is 30.9 Å². The quantitative estimate of drug-likeness (QED) is 0.488. The fraction of sp³-hybridized carbons (Fsp3) is 0.391. The van der Waals surface area contributed by atoms with E-state index in [1.54, 1.807) is 18.2 Å². The van der Waals surface area contributed by atoms with E-state index in [1.807, 2.05) is 6.92 Å². The van der Waals surface area contributed by atoms with Crippen molar-refractivity contribution in [2.45, 2.75) is 32.0 Å². The zero-order valence-electron chi connectivity index (χ0n) is 20.0. The molecule has 2 aromatic heterocycles. The van der Waals surface area contributed by atoms with Gasteiger partial charge in [0.25, 0.3) is 0 Å². The molecule has 0 aliphatic carbocycles. The van der Waals surface area contributed by atoms with Gasteiger partial charge in [-0.25, -0.2) is 27.7 Å². The van der Waals surface area contributed by atoms with Crippen LogP contribution in [0.3, 0.4) is 0 Å². The number of halogens is 3. The second-order valence-corrected chi connectivity index (χ2v) is 10.4. The molecular formula is C23H24F3N7O3S. The summed E-state index contributed by atoms with van der Waals surface area (Å²) >= 11 is 0. The molecule has 0 radical (unpaired) electrons. The Hall–Kier alpha value is -3.70. The summed E-state index contributed by atoms with van der Waals surface area (Å²) in [6, 6.07) is 6.67. The lowest BCUT2D eigenvalue weighted by molar-refractivity contribution is -0.137. The first-order valence-corrected chi connectivity index (χ1v) is 13.2. The minimum absolute atomic E-state index is 0.0193. The fourth-order valence-electron chi connectivity index (χ4n) is 4.03. The van der Waals surface area contributed by atoms with Gasteiger partial charge in [-0.3, -0.25) is 0 Å². The van der Waals surface area contributed by atoms with Gasteiger partial charge in [0.1, 0.15) is 35.1 Å². The maximum absolute atomic E-state index is 13.8. The molecular weight excluding hydrogens is 511 g/mol. The summed E-state index contributed by atoms with van der Waals surface area (Å²) < 4.78 is 73.0. The number of hydrogen-bond donors (Lipinski definition) is 1. The summed E-state index contributed by atoms with van der Waals surface area (Å²) in [5.74, 6) is 0.477. The number of hydrogen-bond acceptors (Lipinski definition) is 8. The number of nitrogens with one attached hydrogen (secondary N) is 1. The molecule has 196 valence electrons. The third-order valence-corrected chi connectivity index (χ3v) is 7.16. The second kappa shape index (κ2) is 10.3. The van der Waals surface area contributed by atoms with Gasteiger partial charge in [0, 0.05) is 37.6 Å². The summed E-state index contributed by atoms with van der Waals surface area (Å²) in [5, 5.41) is 12.6. The van der Waals surface area contributed by atoms with Crippen molar-refractivity contribution in [2.75, 3.05) is 31.3 Å². The third kappa shape index (κ3) is 6.00. The summed E-state index contributed by atoms with van der Waals surface area (Å²) in [5.41, 5.74) is -0.841. The second-order valence-electron chi connectivity index (χ2n) is 8.42. The van der Waals surface area contributed by atoms with Crippen LogP contribution < -0.4 is 10.1 Å². The normalized spacial score (nSPS) is 15.4. The Morgan fingerprint density at radius 3 is 2.59 bits per heavy atom. The Labute approximate surface area is 211 Å². The molecule has 3 heterocycles. The number of piperidine rings is 1. The molecule has 0 atom stereocenters. The SMILES string of the molecule is CCOc1ccc(-n2cnc(-c3nc(NC4CCN(S(C)(=O)=O)CC4)ncc3C(F)(F)F)c2)c(C#N)c1. The average molecular weight is 536 g/mol. The minimum Gasteiger partial charge on any atom is -0.494 e. The summed E-state index contributed by atoms with van der Waals surface area (Å²) in [4.78, 5) is 12.1. The molecule has 1 fully saturated rings. The molecule has 1 N–H and O–H groups in total. The van der Waals surface area contributed by atoms with Crippen LogP contribution in [-0.4, -0.2) is 64.2 Å². The summed E-state index contributed by atoms with van der Waals surface area (Å²) in [6.45, 7) is 2.81. The van der Waals surface area contributed by atoms with Crippen molar-refractivity contribution in [1.82, 2.24) is 23.8 Å². The highest BCUT2D eigenvalue weighted by molar-refractivity contribution is 7.88. The van der Waals surface area contributed by atoms with Crippen LogP contribution in [0.2, 0.25) is 0 Å². The lowest BCUT2D eigenvalue weighted by Gasteiger charge is -2.30. The topological polar surface area (TPSA) is 126 Å². The molecule has 0 amide bonds. The fourth-order valence-corrected chi connectivity index (χ4v) is 4.91. The highest BCUT2D eigenvalue weighted by Crippen LogP contribution is 2.36. The number of nitrogens with zero attached hydrogens (tertiary/aromatic N) is 6. The lowest BCUT2D eigenvalue weighted by atomic mass is 10.1. The lowest BCUT2D eigenvalue weighted by Crippen LogP contribution is -2.42. The van der Waals surface area contributed by atoms with Gasteiger partial charge in [0.05, 0.1) is 24.1 Å². The first kappa shape index (κ1) is 26.4. The molecule has 3 aromatic rings. The number of sulfonamides is 1. The molecule has 1 saturated heterocycles. The van der Waals surface area contributed by atoms with Gasteiger partial charge < -0.3 is 14.6 Å². The smallest absolute Gasteiger partial charge is 0.420 e. The minimum atomic E-state index is -4.73. The Kier molecular flexibility index (Phi) is 7.37. The number of ether oxygens (including phenoxy) is 1. The highest BCUT2D eigenvalue weighted by Gasteiger charge is 2.36. The summed E-state index contributed by atoms with van der Waals surface area (Å²) in [6.07, 6.45) is 0.692. The zero-order valence-corrected chi connectivity index (χ0v) is 20.8. The first-order chi connectivity index (χ1) is 17.5. The molecule has 0 spiro atoms. The van der Waals surface area contributed by atoms with E-state index in [4.69, 9.17) is 4.74 Å². The monoisotopic (exact) mass is 535 g/mol. The van der Waals surface area contributed by atoms with Crippen molar-refractivity contribution >= 4 is 16.0 Å². The number of nitriles is 1. The van der Waals surface area contributed by atoms with Crippen molar-refractivity contribution in [2.24, 2.45) is 0 Å². The van der Waals surface area contributed by atoms with E-state index >= 15 is 0 Å². The molecule has 10 nitrogen and oxygen atoms in total. The highest BCUT2D eigenvalue weighted by atomic mass is 32.2. The van der Waals surface area contributed by atoms with Crippen molar-refractivity contribution in [3.8, 4) is 28.9 Å². The van der Waals surface area contributed by atoms with Gasteiger partial charge in [0.15, 0.2) is 0 Å². The largest absolute Gasteiger partial charge is 0.494 e. The Bertz CT molecular complexity index is 1430. The van der Waals surface area contributed by atoms with Crippen LogP contribution in [0.25, 0.3) is 17.1 Å². The van der Waals surface area contributed by atoms with E-state index < -0.39 is 27.5 Å². The molecule has 37 heavy (non-hydrogen) atoms. The van der Waals surface area contributed by atoms with E-state index in [0.29, 0.717) is 37.1 Å². The number of imidazole rings is 1. The average Bonchev–Trinajstić information content (AvgIpc) is 3.33. The van der Waals surface area contributed by atoms with Crippen LogP contribution in [0.4, 0.5) is 19.1 Å².